The molecule has 0 radical (unpaired) electrons. The Kier molecular flexibility index (Phi) is 13.7. The van der Waals surface area contributed by atoms with Gasteiger partial charge in [-0.2, -0.15) is 4.98 Å². The van der Waals surface area contributed by atoms with Crippen molar-refractivity contribution in [3.63, 3.8) is 0 Å². The molecule has 18 heteroatoms. The number of carbonyl (C=O) groups excluding carboxylic acids is 4. The summed E-state index contributed by atoms with van der Waals surface area (Å²) in [7, 11) is 1.30. The molecule has 1 saturated carbocycles. The van der Waals surface area contributed by atoms with E-state index < -0.39 is 35.1 Å². The second-order valence-corrected chi connectivity index (χ2v) is 20.0. The molecule has 4 aromatic carbocycles. The molecule has 4 fully saturated rings. The second-order valence-electron chi connectivity index (χ2n) is 19.6. The third-order valence-corrected chi connectivity index (χ3v) is 16.0. The summed E-state index contributed by atoms with van der Waals surface area (Å²) in [5.41, 5.74) is 7.55. The van der Waals surface area contributed by atoms with E-state index in [-0.39, 0.29) is 63.4 Å². The lowest BCUT2D eigenvalue weighted by Gasteiger charge is -2.39. The van der Waals surface area contributed by atoms with Crippen molar-refractivity contribution in [2.75, 3.05) is 75.8 Å². The fourth-order valence-corrected chi connectivity index (χ4v) is 11.7. The highest BCUT2D eigenvalue weighted by Gasteiger charge is 2.50. The number of halogens is 3. The van der Waals surface area contributed by atoms with Gasteiger partial charge in [0.1, 0.15) is 17.1 Å². The van der Waals surface area contributed by atoms with E-state index >= 15 is 8.78 Å². The number of hydrogen-bond acceptors (Lipinski definition) is 11. The molecule has 5 aliphatic rings. The maximum absolute atomic E-state index is 16.2. The van der Waals surface area contributed by atoms with Crippen LogP contribution in [0.15, 0.2) is 71.1 Å². The fraction of sp³-hybridized carbons (Fsp3) is 0.453. The van der Waals surface area contributed by atoms with Gasteiger partial charge in [-0.05, 0) is 93.3 Å². The molecule has 5 amide bonds. The van der Waals surface area contributed by atoms with Gasteiger partial charge in [-0.15, -0.1) is 0 Å². The molecule has 1 aliphatic carbocycles. The molecule has 0 bridgehead atoms. The van der Waals surface area contributed by atoms with Gasteiger partial charge < -0.3 is 34.7 Å². The van der Waals surface area contributed by atoms with Gasteiger partial charge in [-0.3, -0.25) is 29.5 Å². The quantitative estimate of drug-likeness (QED) is 0.104. The van der Waals surface area contributed by atoms with E-state index in [2.05, 4.69) is 25.3 Å². The number of fused-ring (bicyclic) bond motifs is 2. The van der Waals surface area contributed by atoms with Gasteiger partial charge in [0.15, 0.2) is 22.8 Å². The molecule has 15 nitrogen and oxygen atoms in total. The number of ether oxygens (including phenoxy) is 2. The Morgan fingerprint density at radius 3 is 2.38 bits per heavy atom. The number of nitrogens with one attached hydrogen (secondary N) is 2. The third kappa shape index (κ3) is 9.39. The third-order valence-electron chi connectivity index (χ3n) is 15.6. The van der Waals surface area contributed by atoms with Crippen LogP contribution in [0.5, 0.6) is 11.5 Å². The smallest absolute Gasteiger partial charge is 0.328 e. The zero-order valence-electron chi connectivity index (χ0n) is 40.0. The molecule has 1 aromatic heterocycles. The normalized spacial score (nSPS) is 23.2. The van der Waals surface area contributed by atoms with Gasteiger partial charge in [0, 0.05) is 105 Å². The lowest BCUT2D eigenvalue weighted by molar-refractivity contribution is -0.138. The van der Waals surface area contributed by atoms with Crippen molar-refractivity contribution in [3.05, 3.63) is 100 Å². The van der Waals surface area contributed by atoms with Crippen LogP contribution in [0.1, 0.15) is 85.7 Å². The maximum atomic E-state index is 16.2. The summed E-state index contributed by atoms with van der Waals surface area (Å²) < 4.78 is 50.2. The Morgan fingerprint density at radius 2 is 1.68 bits per heavy atom. The SMILES string of the molecule is COc1ccc(C(N)=O)c(-c2c(Cl)c(F)cc3c2[C@H](C)[C@@](CNC2CCC(C(=O)N4CCC(CCN5CCN(c6nc7cc(N8CCC(=O)NC8=O)ccc7o6)CC5)CC4)CC2)(c2ccccc2)O3)c1F. The van der Waals surface area contributed by atoms with Crippen LogP contribution in [0.25, 0.3) is 22.2 Å². The molecule has 4 N–H and O–H groups in total. The van der Waals surface area contributed by atoms with Crippen molar-refractivity contribution in [2.45, 2.75) is 75.9 Å². The molecule has 5 aromatic rings. The molecule has 5 heterocycles. The minimum atomic E-state index is -1.07. The fourth-order valence-electron chi connectivity index (χ4n) is 11.5. The molecule has 2 atom stereocenters. The summed E-state index contributed by atoms with van der Waals surface area (Å²) in [4.78, 5) is 63.6. The summed E-state index contributed by atoms with van der Waals surface area (Å²) >= 11 is 6.70. The van der Waals surface area contributed by atoms with Gasteiger partial charge >= 0.3 is 6.03 Å². The Morgan fingerprint density at radius 1 is 0.930 bits per heavy atom. The Labute approximate surface area is 415 Å². The van der Waals surface area contributed by atoms with E-state index in [0.717, 1.165) is 96.3 Å². The number of nitrogens with two attached hydrogens (primary N) is 1. The van der Waals surface area contributed by atoms with Gasteiger partial charge in [0.05, 0.1) is 17.7 Å². The van der Waals surface area contributed by atoms with E-state index in [1.165, 1.54) is 25.3 Å². The van der Waals surface area contributed by atoms with Crippen LogP contribution in [-0.2, 0) is 15.2 Å². The highest BCUT2D eigenvalue weighted by molar-refractivity contribution is 6.34. The van der Waals surface area contributed by atoms with Crippen molar-refractivity contribution >= 4 is 58.2 Å². The van der Waals surface area contributed by atoms with Crippen LogP contribution >= 0.6 is 11.6 Å². The van der Waals surface area contributed by atoms with Crippen LogP contribution in [-0.4, -0.2) is 111 Å². The molecular formula is C53H59ClF2N8O7. The number of methoxy groups -OCH3 is 1. The highest BCUT2D eigenvalue weighted by Crippen LogP contribution is 2.56. The number of urea groups is 1. The predicted molar refractivity (Wildman–Crippen MR) is 265 cm³/mol. The van der Waals surface area contributed by atoms with Crippen molar-refractivity contribution in [1.82, 2.24) is 25.4 Å². The highest BCUT2D eigenvalue weighted by atomic mass is 35.5. The molecule has 374 valence electrons. The number of carbonyl (C=O) groups is 4. The first-order valence-corrected chi connectivity index (χ1v) is 25.1. The van der Waals surface area contributed by atoms with E-state index in [1.54, 1.807) is 4.90 Å². The van der Waals surface area contributed by atoms with Gasteiger partial charge in [0.2, 0.25) is 17.7 Å². The van der Waals surface area contributed by atoms with Gasteiger partial charge in [-0.25, -0.2) is 13.6 Å². The van der Waals surface area contributed by atoms with Crippen molar-refractivity contribution in [3.8, 4) is 22.6 Å². The molecule has 71 heavy (non-hydrogen) atoms. The maximum Gasteiger partial charge on any atom is 0.328 e. The van der Waals surface area contributed by atoms with Gasteiger partial charge in [0.25, 0.3) is 6.01 Å². The molecule has 0 spiro atoms. The number of benzene rings is 4. The summed E-state index contributed by atoms with van der Waals surface area (Å²) in [5.74, 6) is -2.57. The van der Waals surface area contributed by atoms with E-state index in [0.29, 0.717) is 47.4 Å². The summed E-state index contributed by atoms with van der Waals surface area (Å²) in [5, 5.41) is 5.76. The predicted octanol–water partition coefficient (Wildman–Crippen LogP) is 7.97. The first kappa shape index (κ1) is 48.3. The van der Waals surface area contributed by atoms with Crippen LogP contribution in [0.3, 0.4) is 0 Å². The van der Waals surface area contributed by atoms with Crippen LogP contribution in [0.4, 0.5) is 25.3 Å². The van der Waals surface area contributed by atoms with Crippen molar-refractivity contribution < 1.29 is 41.8 Å². The number of piperazine rings is 1. The van der Waals surface area contributed by atoms with Crippen molar-refractivity contribution in [1.29, 1.82) is 0 Å². The topological polar surface area (TPSA) is 176 Å². The summed E-state index contributed by atoms with van der Waals surface area (Å²) in [6, 6.07) is 19.2. The number of nitrogens with zero attached hydrogens (tertiary/aromatic N) is 5. The molecular weight excluding hydrogens is 934 g/mol. The van der Waals surface area contributed by atoms with E-state index in [1.807, 2.05) is 55.5 Å². The molecule has 3 saturated heterocycles. The van der Waals surface area contributed by atoms with Crippen molar-refractivity contribution in [2.24, 2.45) is 17.6 Å². The Balaban J connectivity index is 0.707. The lowest BCUT2D eigenvalue weighted by Crippen LogP contribution is -2.49. The number of rotatable bonds is 13. The van der Waals surface area contributed by atoms with E-state index in [4.69, 9.17) is 36.2 Å². The average Bonchev–Trinajstić information content (AvgIpc) is 3.94. The minimum absolute atomic E-state index is 0.00103. The number of anilines is 2. The number of hydrogen-bond donors (Lipinski definition) is 3. The number of imide groups is 1. The van der Waals surface area contributed by atoms with Crippen LogP contribution in [0, 0.1) is 23.5 Å². The monoisotopic (exact) mass is 992 g/mol. The van der Waals surface area contributed by atoms with Crippen LogP contribution in [0.2, 0.25) is 5.02 Å². The standard InChI is InChI=1S/C53H59ClF2N8O7/c1-31-44-42(29-38(55)47(54)46(44)45-37(49(57)66)13-15-41(69-2)48(45)56)71-53(31,34-6-4-3-5-7-34)30-58-35-10-8-33(9-11-35)50(67)62-21-17-32(18-22-62)16-20-61-24-26-63(27-25-61)52-59-39-28-36(12-14-40(39)70-52)64-23-19-43(65)60-51(64)68/h3-7,12-15,28-29,31-33,35,58H,8-11,16-27,30H2,1-2H3,(H2,57,66)(H,60,65,68)/t31-,33?,35?,53-/m0/s1. The number of likely N-dealkylation sites (tertiary alicyclic amines) is 1. The Bertz CT molecular complexity index is 2840. The number of aromatic nitrogens is 1. The van der Waals surface area contributed by atoms with E-state index in [9.17, 15) is 19.2 Å². The number of piperidine rings is 1. The zero-order valence-corrected chi connectivity index (χ0v) is 40.7. The summed E-state index contributed by atoms with van der Waals surface area (Å²) in [6.07, 6.45) is 6.45. The number of oxazole rings is 1. The lowest BCUT2D eigenvalue weighted by atomic mass is 9.77. The number of primary amides is 1. The molecule has 0 unspecified atom stereocenters. The van der Waals surface area contributed by atoms with Crippen LogP contribution < -0.4 is 35.6 Å². The first-order valence-electron chi connectivity index (χ1n) is 24.8. The minimum Gasteiger partial charge on any atom is -0.494 e. The zero-order chi connectivity index (χ0) is 49.6. The Hall–Kier alpha value is -6.30. The average molecular weight is 994 g/mol. The number of amides is 5. The largest absolute Gasteiger partial charge is 0.494 e. The first-order chi connectivity index (χ1) is 34.3. The van der Waals surface area contributed by atoms with Gasteiger partial charge in [-0.1, -0.05) is 48.9 Å². The molecule has 10 rings (SSSR count). The summed E-state index contributed by atoms with van der Waals surface area (Å²) in [6.45, 7) is 8.52. The second kappa shape index (κ2) is 20.1. The molecule has 4 aliphatic heterocycles.